The molecule has 30 heavy (non-hydrogen) atoms. The number of hydrogen-bond donors (Lipinski definition) is 1. The van der Waals surface area contributed by atoms with Gasteiger partial charge in [-0.3, -0.25) is 4.79 Å². The van der Waals surface area contributed by atoms with Crippen molar-refractivity contribution < 1.29 is 23.8 Å². The van der Waals surface area contributed by atoms with E-state index in [2.05, 4.69) is 10.3 Å². The van der Waals surface area contributed by atoms with E-state index < -0.39 is 5.97 Å². The molecular formula is C22H20N2O5S. The molecule has 0 saturated heterocycles. The van der Waals surface area contributed by atoms with Crippen LogP contribution in [0.2, 0.25) is 0 Å². The normalized spacial score (nSPS) is 12.7. The largest absolute Gasteiger partial charge is 0.493 e. The van der Waals surface area contributed by atoms with Gasteiger partial charge in [-0.1, -0.05) is 6.07 Å². The highest BCUT2D eigenvalue weighted by Crippen LogP contribution is 2.39. The Labute approximate surface area is 177 Å². The molecule has 1 aliphatic rings. The van der Waals surface area contributed by atoms with E-state index in [1.54, 1.807) is 32.4 Å². The van der Waals surface area contributed by atoms with Crippen LogP contribution in [0.15, 0.2) is 41.8 Å². The van der Waals surface area contributed by atoms with Gasteiger partial charge in [-0.2, -0.15) is 0 Å². The summed E-state index contributed by atoms with van der Waals surface area (Å²) in [5, 5.41) is 5.40. The zero-order valence-electron chi connectivity index (χ0n) is 16.6. The van der Waals surface area contributed by atoms with Crippen LogP contribution in [0.3, 0.4) is 0 Å². The van der Waals surface area contributed by atoms with Gasteiger partial charge >= 0.3 is 5.97 Å². The minimum Gasteiger partial charge on any atom is -0.493 e. The number of methoxy groups -OCH3 is 2. The van der Waals surface area contributed by atoms with Crippen LogP contribution in [-0.4, -0.2) is 31.1 Å². The number of benzene rings is 2. The van der Waals surface area contributed by atoms with Gasteiger partial charge in [0, 0.05) is 17.5 Å². The summed E-state index contributed by atoms with van der Waals surface area (Å²) in [6, 6.07) is 10.8. The van der Waals surface area contributed by atoms with Gasteiger partial charge in [0.25, 0.3) is 0 Å². The van der Waals surface area contributed by atoms with Crippen LogP contribution >= 0.6 is 11.3 Å². The molecule has 1 N–H and O–H groups in total. The summed E-state index contributed by atoms with van der Waals surface area (Å²) in [6.07, 6.45) is 1.03. The Morgan fingerprint density at radius 2 is 2.03 bits per heavy atom. The summed E-state index contributed by atoms with van der Waals surface area (Å²) >= 11 is 1.44. The van der Waals surface area contributed by atoms with Crippen LogP contribution in [0.4, 0.5) is 5.69 Å². The number of para-hydroxylation sites is 1. The van der Waals surface area contributed by atoms with E-state index in [1.807, 2.05) is 23.6 Å². The second-order valence-corrected chi connectivity index (χ2v) is 7.54. The highest BCUT2D eigenvalue weighted by molar-refractivity contribution is 7.13. The maximum Gasteiger partial charge on any atom is 0.338 e. The molecule has 0 radical (unpaired) electrons. The molecule has 154 valence electrons. The van der Waals surface area contributed by atoms with Gasteiger partial charge < -0.3 is 19.5 Å². The zero-order chi connectivity index (χ0) is 21.1. The first-order valence-electron chi connectivity index (χ1n) is 9.34. The summed E-state index contributed by atoms with van der Waals surface area (Å²) in [7, 11) is 3.17. The Hall–Kier alpha value is -3.39. The number of nitrogens with one attached hydrogen (secondary N) is 1. The first-order chi connectivity index (χ1) is 14.6. The van der Waals surface area contributed by atoms with Crippen molar-refractivity contribution in [3.8, 4) is 22.1 Å². The third kappa shape index (κ3) is 3.99. The molecule has 0 saturated carbocycles. The number of carbonyl (C=O) groups excluding carboxylic acids is 2. The predicted octanol–water partition coefficient (Wildman–Crippen LogP) is 4.07. The third-order valence-corrected chi connectivity index (χ3v) is 5.70. The third-order valence-electron chi connectivity index (χ3n) is 4.77. The minimum atomic E-state index is -0.428. The molecule has 0 bridgehead atoms. The number of aryl methyl sites for hydroxylation is 1. The molecule has 8 heteroatoms. The standard InChI is InChI=1S/C22H20N2O5S/c1-27-18-5-3-4-16(20(18)28-2)21-23-15(12-30-21)11-29-22(26)14-6-8-17-13(10-14)7-9-19(25)24-17/h3-6,8,10,12H,7,9,11H2,1-2H3,(H,24,25). The molecule has 0 fully saturated rings. The van der Waals surface area contributed by atoms with Gasteiger partial charge in [-0.15, -0.1) is 11.3 Å². The van der Waals surface area contributed by atoms with Crippen LogP contribution in [0, 0.1) is 0 Å². The van der Waals surface area contributed by atoms with E-state index in [1.165, 1.54) is 11.3 Å². The number of amides is 1. The van der Waals surface area contributed by atoms with Gasteiger partial charge in [0.15, 0.2) is 11.5 Å². The molecule has 7 nitrogen and oxygen atoms in total. The summed E-state index contributed by atoms with van der Waals surface area (Å²) in [5.41, 5.74) is 3.61. The van der Waals surface area contributed by atoms with Crippen LogP contribution in [0.25, 0.3) is 10.6 Å². The van der Waals surface area contributed by atoms with Crippen LogP contribution < -0.4 is 14.8 Å². The van der Waals surface area contributed by atoms with Gasteiger partial charge in [-0.05, 0) is 42.3 Å². The van der Waals surface area contributed by atoms with Crippen molar-refractivity contribution in [2.75, 3.05) is 19.5 Å². The predicted molar refractivity (Wildman–Crippen MR) is 113 cm³/mol. The average Bonchev–Trinajstić information content (AvgIpc) is 3.25. The van der Waals surface area contributed by atoms with Crippen molar-refractivity contribution >= 4 is 28.9 Å². The highest BCUT2D eigenvalue weighted by Gasteiger charge is 2.18. The number of anilines is 1. The number of carbonyl (C=O) groups is 2. The Morgan fingerprint density at radius 3 is 2.83 bits per heavy atom. The Morgan fingerprint density at radius 1 is 1.17 bits per heavy atom. The molecule has 0 unspecified atom stereocenters. The topological polar surface area (TPSA) is 86.8 Å². The van der Waals surface area contributed by atoms with Crippen molar-refractivity contribution in [2.45, 2.75) is 19.4 Å². The molecule has 3 aromatic rings. The first-order valence-corrected chi connectivity index (χ1v) is 10.2. The van der Waals surface area contributed by atoms with E-state index in [9.17, 15) is 9.59 Å². The van der Waals surface area contributed by atoms with Crippen molar-refractivity contribution in [3.63, 3.8) is 0 Å². The fraction of sp³-hybridized carbons (Fsp3) is 0.227. The summed E-state index contributed by atoms with van der Waals surface area (Å²) in [4.78, 5) is 28.5. The molecule has 1 aromatic heterocycles. The number of rotatable bonds is 6. The second kappa shape index (κ2) is 8.54. The SMILES string of the molecule is COc1cccc(-c2nc(COC(=O)c3ccc4c(c3)CCC(=O)N4)cs2)c1OC. The number of ether oxygens (including phenoxy) is 3. The number of thiazole rings is 1. The minimum absolute atomic E-state index is 0.00942. The molecule has 0 spiro atoms. The van der Waals surface area contributed by atoms with Crippen molar-refractivity contribution in [3.05, 3.63) is 58.6 Å². The molecule has 1 aliphatic heterocycles. The highest BCUT2D eigenvalue weighted by atomic mass is 32.1. The van der Waals surface area contributed by atoms with Crippen molar-refractivity contribution in [1.82, 2.24) is 4.98 Å². The molecule has 0 aliphatic carbocycles. The lowest BCUT2D eigenvalue weighted by molar-refractivity contribution is -0.116. The van der Waals surface area contributed by atoms with Crippen molar-refractivity contribution in [2.24, 2.45) is 0 Å². The van der Waals surface area contributed by atoms with Crippen LogP contribution in [0.5, 0.6) is 11.5 Å². The molecule has 1 amide bonds. The monoisotopic (exact) mass is 424 g/mol. The maximum absolute atomic E-state index is 12.5. The molecular weight excluding hydrogens is 404 g/mol. The van der Waals surface area contributed by atoms with Gasteiger partial charge in [-0.25, -0.2) is 9.78 Å². The summed E-state index contributed by atoms with van der Waals surface area (Å²) in [5.74, 6) is 0.800. The zero-order valence-corrected chi connectivity index (χ0v) is 17.4. The van der Waals surface area contributed by atoms with E-state index in [-0.39, 0.29) is 12.5 Å². The molecule has 2 aromatic carbocycles. The number of aromatic nitrogens is 1. The fourth-order valence-corrected chi connectivity index (χ4v) is 4.11. The van der Waals surface area contributed by atoms with Crippen molar-refractivity contribution in [1.29, 1.82) is 0 Å². The molecule has 2 heterocycles. The van der Waals surface area contributed by atoms with E-state index in [0.717, 1.165) is 21.8 Å². The Bertz CT molecular complexity index is 1110. The number of hydrogen-bond acceptors (Lipinski definition) is 7. The fourth-order valence-electron chi connectivity index (χ4n) is 3.29. The Balaban J connectivity index is 1.45. The number of esters is 1. The lowest BCUT2D eigenvalue weighted by Gasteiger charge is -2.17. The average molecular weight is 424 g/mol. The maximum atomic E-state index is 12.5. The second-order valence-electron chi connectivity index (χ2n) is 6.68. The van der Waals surface area contributed by atoms with Gasteiger partial charge in [0.1, 0.15) is 11.6 Å². The van der Waals surface area contributed by atoms with E-state index in [4.69, 9.17) is 14.2 Å². The smallest absolute Gasteiger partial charge is 0.338 e. The number of nitrogens with zero attached hydrogens (tertiary/aromatic N) is 1. The first kappa shape index (κ1) is 19.9. The molecule has 0 atom stereocenters. The number of fused-ring (bicyclic) bond motifs is 1. The van der Waals surface area contributed by atoms with E-state index >= 15 is 0 Å². The van der Waals surface area contributed by atoms with Gasteiger partial charge in [0.05, 0.1) is 31.0 Å². The van der Waals surface area contributed by atoms with Crippen LogP contribution in [0.1, 0.15) is 28.0 Å². The summed E-state index contributed by atoms with van der Waals surface area (Å²) < 4.78 is 16.2. The van der Waals surface area contributed by atoms with Gasteiger partial charge in [0.2, 0.25) is 5.91 Å². The Kier molecular flexibility index (Phi) is 5.67. The van der Waals surface area contributed by atoms with E-state index in [0.29, 0.717) is 35.6 Å². The van der Waals surface area contributed by atoms with Crippen LogP contribution in [-0.2, 0) is 22.6 Å². The lowest BCUT2D eigenvalue weighted by Crippen LogP contribution is -2.19. The lowest BCUT2D eigenvalue weighted by atomic mass is 10.0. The quantitative estimate of drug-likeness (QED) is 0.601. The summed E-state index contributed by atoms with van der Waals surface area (Å²) in [6.45, 7) is 0.0649. The molecule has 4 rings (SSSR count).